The highest BCUT2D eigenvalue weighted by Gasteiger charge is 2.13. The second kappa shape index (κ2) is 11.8. The summed E-state index contributed by atoms with van der Waals surface area (Å²) in [6.07, 6.45) is 1.53. The number of thioether (sulfide) groups is 1. The van der Waals surface area contributed by atoms with Crippen LogP contribution in [0, 0.1) is 12.7 Å². The quantitative estimate of drug-likeness (QED) is 0.271. The van der Waals surface area contributed by atoms with E-state index in [4.69, 9.17) is 4.74 Å². The number of nitrogens with zero attached hydrogens (tertiary/aromatic N) is 1. The van der Waals surface area contributed by atoms with Crippen molar-refractivity contribution < 1.29 is 18.7 Å². The Hall–Kier alpha value is -3.65. The molecule has 3 rings (SSSR count). The van der Waals surface area contributed by atoms with Crippen molar-refractivity contribution in [3.63, 3.8) is 0 Å². The van der Waals surface area contributed by atoms with Gasteiger partial charge in [-0.15, -0.1) is 11.8 Å². The summed E-state index contributed by atoms with van der Waals surface area (Å²) in [6, 6.07) is 20.4. The van der Waals surface area contributed by atoms with E-state index < -0.39 is 0 Å². The average molecular weight is 466 g/mol. The predicted molar refractivity (Wildman–Crippen MR) is 129 cm³/mol. The number of hydrazone groups is 1. The Labute approximate surface area is 196 Å². The molecule has 2 amide bonds. The second-order valence-electron chi connectivity index (χ2n) is 7.22. The van der Waals surface area contributed by atoms with Crippen LogP contribution in [0.3, 0.4) is 0 Å². The molecule has 170 valence electrons. The smallest absolute Gasteiger partial charge is 0.262 e. The highest BCUT2D eigenvalue weighted by molar-refractivity contribution is 8.00. The Morgan fingerprint density at radius 3 is 2.36 bits per heavy atom. The number of anilines is 1. The molecular weight excluding hydrogens is 441 g/mol. The lowest BCUT2D eigenvalue weighted by Crippen LogP contribution is -2.26. The van der Waals surface area contributed by atoms with Crippen molar-refractivity contribution in [3.8, 4) is 5.75 Å². The summed E-state index contributed by atoms with van der Waals surface area (Å²) in [4.78, 5) is 25.2. The fraction of sp³-hybridized carbons (Fsp3) is 0.160. The van der Waals surface area contributed by atoms with Crippen molar-refractivity contribution in [2.24, 2.45) is 5.10 Å². The molecule has 0 aliphatic rings. The standard InChI is InChI=1S/C25H24FN3O3S/c1-17-3-13-23(14-4-17)33-18(2)25(31)29-27-15-19-5-11-22(12-6-19)32-16-24(30)28-21-9-7-20(26)8-10-21/h3-15,18H,16H2,1-2H3,(H,28,30)(H,29,31)/b27-15-/t18-/m0/s1. The van der Waals surface area contributed by atoms with E-state index in [1.165, 1.54) is 47.8 Å². The molecule has 0 heterocycles. The van der Waals surface area contributed by atoms with Crippen LogP contribution >= 0.6 is 11.8 Å². The van der Waals surface area contributed by atoms with Crippen molar-refractivity contribution >= 4 is 35.5 Å². The SMILES string of the molecule is Cc1ccc(S[C@@H](C)C(=O)N/N=C\c2ccc(OCC(=O)Nc3ccc(F)cc3)cc2)cc1. The van der Waals surface area contributed by atoms with Crippen molar-refractivity contribution in [2.75, 3.05) is 11.9 Å². The number of nitrogens with one attached hydrogen (secondary N) is 2. The summed E-state index contributed by atoms with van der Waals surface area (Å²) in [5.41, 5.74) is 4.97. The Balaban J connectivity index is 1.41. The number of halogens is 1. The lowest BCUT2D eigenvalue weighted by atomic mass is 10.2. The summed E-state index contributed by atoms with van der Waals surface area (Å²) in [5.74, 6) is -0.409. The van der Waals surface area contributed by atoms with Crippen LogP contribution in [0.25, 0.3) is 0 Å². The summed E-state index contributed by atoms with van der Waals surface area (Å²) in [5, 5.41) is 6.34. The molecule has 0 radical (unpaired) electrons. The molecule has 2 N–H and O–H groups in total. The van der Waals surface area contributed by atoms with Gasteiger partial charge in [-0.3, -0.25) is 9.59 Å². The number of hydrogen-bond donors (Lipinski definition) is 2. The van der Waals surface area contributed by atoms with Gasteiger partial charge < -0.3 is 10.1 Å². The number of amides is 2. The largest absolute Gasteiger partial charge is 0.484 e. The van der Waals surface area contributed by atoms with Gasteiger partial charge in [0.1, 0.15) is 11.6 Å². The van der Waals surface area contributed by atoms with Gasteiger partial charge in [0.15, 0.2) is 6.61 Å². The second-order valence-corrected chi connectivity index (χ2v) is 8.63. The van der Waals surface area contributed by atoms with Gasteiger partial charge in [0, 0.05) is 10.6 Å². The lowest BCUT2D eigenvalue weighted by molar-refractivity contribution is -0.120. The maximum absolute atomic E-state index is 12.9. The fourth-order valence-electron chi connectivity index (χ4n) is 2.67. The lowest BCUT2D eigenvalue weighted by Gasteiger charge is -2.09. The van der Waals surface area contributed by atoms with Crippen molar-refractivity contribution in [1.29, 1.82) is 0 Å². The summed E-state index contributed by atoms with van der Waals surface area (Å²) < 4.78 is 18.4. The predicted octanol–water partition coefficient (Wildman–Crippen LogP) is 4.78. The Bertz CT molecular complexity index is 1100. The fourth-order valence-corrected chi connectivity index (χ4v) is 3.53. The minimum Gasteiger partial charge on any atom is -0.484 e. The third-order valence-electron chi connectivity index (χ3n) is 4.47. The van der Waals surface area contributed by atoms with E-state index in [0.717, 1.165) is 10.5 Å². The van der Waals surface area contributed by atoms with Crippen molar-refractivity contribution in [1.82, 2.24) is 5.43 Å². The molecule has 0 spiro atoms. The number of carbonyl (C=O) groups is 2. The van der Waals surface area contributed by atoms with E-state index in [9.17, 15) is 14.0 Å². The van der Waals surface area contributed by atoms with E-state index in [1.807, 2.05) is 38.1 Å². The monoisotopic (exact) mass is 465 g/mol. The van der Waals surface area contributed by atoms with E-state index >= 15 is 0 Å². The normalized spacial score (nSPS) is 11.7. The first-order valence-electron chi connectivity index (χ1n) is 10.2. The van der Waals surface area contributed by atoms with Crippen LogP contribution in [0.1, 0.15) is 18.1 Å². The van der Waals surface area contributed by atoms with E-state index in [1.54, 1.807) is 24.3 Å². The Morgan fingerprint density at radius 1 is 1.03 bits per heavy atom. The maximum atomic E-state index is 12.9. The molecule has 0 saturated carbocycles. The minimum atomic E-state index is -0.372. The van der Waals surface area contributed by atoms with Crippen LogP contribution in [0.15, 0.2) is 82.8 Å². The highest BCUT2D eigenvalue weighted by atomic mass is 32.2. The zero-order chi connectivity index (χ0) is 23.6. The van der Waals surface area contributed by atoms with Gasteiger partial charge in [-0.25, -0.2) is 9.82 Å². The minimum absolute atomic E-state index is 0.183. The van der Waals surface area contributed by atoms with Crippen molar-refractivity contribution in [3.05, 3.63) is 89.7 Å². The van der Waals surface area contributed by atoms with Gasteiger partial charge >= 0.3 is 0 Å². The number of ether oxygens (including phenoxy) is 1. The maximum Gasteiger partial charge on any atom is 0.262 e. The highest BCUT2D eigenvalue weighted by Crippen LogP contribution is 2.23. The van der Waals surface area contributed by atoms with Crippen LogP contribution in [0.4, 0.5) is 10.1 Å². The summed E-state index contributed by atoms with van der Waals surface area (Å²) >= 11 is 1.47. The number of rotatable bonds is 9. The summed E-state index contributed by atoms with van der Waals surface area (Å²) in [7, 11) is 0. The zero-order valence-electron chi connectivity index (χ0n) is 18.2. The van der Waals surface area contributed by atoms with Gasteiger partial charge in [-0.05, 0) is 80.1 Å². The third-order valence-corrected chi connectivity index (χ3v) is 5.58. The average Bonchev–Trinajstić information content (AvgIpc) is 2.81. The topological polar surface area (TPSA) is 79.8 Å². The van der Waals surface area contributed by atoms with E-state index in [0.29, 0.717) is 11.4 Å². The number of benzene rings is 3. The van der Waals surface area contributed by atoms with Gasteiger partial charge in [-0.2, -0.15) is 5.10 Å². The molecule has 8 heteroatoms. The van der Waals surface area contributed by atoms with Gasteiger partial charge in [0.2, 0.25) is 0 Å². The number of carbonyl (C=O) groups excluding carboxylic acids is 2. The molecular formula is C25H24FN3O3S. The molecule has 0 aliphatic heterocycles. The molecule has 6 nitrogen and oxygen atoms in total. The van der Waals surface area contributed by atoms with Gasteiger partial charge in [0.25, 0.3) is 11.8 Å². The van der Waals surface area contributed by atoms with Gasteiger partial charge in [-0.1, -0.05) is 17.7 Å². The molecule has 33 heavy (non-hydrogen) atoms. The van der Waals surface area contributed by atoms with Crippen LogP contribution < -0.4 is 15.5 Å². The van der Waals surface area contributed by atoms with E-state index in [-0.39, 0.29) is 29.5 Å². The van der Waals surface area contributed by atoms with Crippen LogP contribution in [0.2, 0.25) is 0 Å². The molecule has 0 bridgehead atoms. The molecule has 0 aromatic heterocycles. The first-order chi connectivity index (χ1) is 15.9. The number of hydrogen-bond acceptors (Lipinski definition) is 5. The molecule has 3 aromatic rings. The summed E-state index contributed by atoms with van der Waals surface area (Å²) in [6.45, 7) is 3.66. The van der Waals surface area contributed by atoms with Crippen LogP contribution in [-0.2, 0) is 9.59 Å². The van der Waals surface area contributed by atoms with Gasteiger partial charge in [0.05, 0.1) is 11.5 Å². The Morgan fingerprint density at radius 2 is 1.70 bits per heavy atom. The first-order valence-corrected chi connectivity index (χ1v) is 11.1. The zero-order valence-corrected chi connectivity index (χ0v) is 19.1. The Kier molecular flexibility index (Phi) is 8.60. The molecule has 1 atom stereocenters. The first kappa shape index (κ1) is 24.0. The van der Waals surface area contributed by atoms with Crippen LogP contribution in [0.5, 0.6) is 5.75 Å². The third kappa shape index (κ3) is 8.08. The molecule has 0 saturated heterocycles. The van der Waals surface area contributed by atoms with E-state index in [2.05, 4.69) is 15.8 Å². The number of aryl methyl sites for hydroxylation is 1. The van der Waals surface area contributed by atoms with Crippen LogP contribution in [-0.4, -0.2) is 29.9 Å². The molecule has 0 fully saturated rings. The molecule has 3 aromatic carbocycles. The molecule has 0 unspecified atom stereocenters. The van der Waals surface area contributed by atoms with Crippen molar-refractivity contribution in [2.45, 2.75) is 24.0 Å². The molecule has 0 aliphatic carbocycles.